The van der Waals surface area contributed by atoms with Gasteiger partial charge in [-0.25, -0.2) is 4.39 Å². The van der Waals surface area contributed by atoms with E-state index >= 15 is 0 Å². The summed E-state index contributed by atoms with van der Waals surface area (Å²) in [6.45, 7) is 2.29. The van der Waals surface area contributed by atoms with Gasteiger partial charge < -0.3 is 0 Å². The molecule has 1 aliphatic rings. The van der Waals surface area contributed by atoms with E-state index in [-0.39, 0.29) is 5.56 Å². The average molecular weight is 349 g/mol. The van der Waals surface area contributed by atoms with Crippen molar-refractivity contribution >= 4 is 0 Å². The molecule has 2 aromatic rings. The molecule has 0 aliphatic heterocycles. The average Bonchev–Trinajstić information content (AvgIpc) is 2.68. The fourth-order valence-electron chi connectivity index (χ4n) is 4.24. The molecule has 0 amide bonds. The van der Waals surface area contributed by atoms with Crippen LogP contribution in [0.25, 0.3) is 0 Å². The van der Waals surface area contributed by atoms with Gasteiger partial charge >= 0.3 is 0 Å². The maximum Gasteiger partial charge on any atom is 0.141 e. The van der Waals surface area contributed by atoms with Gasteiger partial charge in [0.1, 0.15) is 11.9 Å². The third-order valence-electron chi connectivity index (χ3n) is 5.85. The Bertz CT molecular complexity index is 749. The third kappa shape index (κ3) is 4.73. The van der Waals surface area contributed by atoms with Gasteiger partial charge in [0.15, 0.2) is 0 Å². The number of rotatable bonds is 6. The molecule has 0 heterocycles. The fourth-order valence-corrected chi connectivity index (χ4v) is 4.24. The Hall–Kier alpha value is -2.14. The van der Waals surface area contributed by atoms with E-state index in [0.717, 1.165) is 30.2 Å². The molecule has 0 atom stereocenters. The number of hydrogen-bond acceptors (Lipinski definition) is 1. The molecule has 1 saturated carbocycles. The summed E-state index contributed by atoms with van der Waals surface area (Å²) in [6, 6.07) is 15.8. The summed E-state index contributed by atoms with van der Waals surface area (Å²) in [7, 11) is 0. The molecule has 0 spiro atoms. The van der Waals surface area contributed by atoms with E-state index in [1.165, 1.54) is 55.7 Å². The Kier molecular flexibility index (Phi) is 6.45. The highest BCUT2D eigenvalue weighted by Crippen LogP contribution is 2.37. The van der Waals surface area contributed by atoms with Gasteiger partial charge in [-0.1, -0.05) is 50.1 Å². The largest absolute Gasteiger partial charge is 0.206 e. The highest BCUT2D eigenvalue weighted by atomic mass is 19.1. The van der Waals surface area contributed by atoms with Crippen molar-refractivity contribution in [2.75, 3.05) is 0 Å². The van der Waals surface area contributed by atoms with Crippen LogP contribution in [0.15, 0.2) is 42.5 Å². The predicted molar refractivity (Wildman–Crippen MR) is 105 cm³/mol. The standard InChI is InChI=1S/C24H28FN/c1-2-3-18-6-11-21(12-7-18)22-13-8-19(9-14-22)4-5-20-10-15-23(17-26)24(25)16-20/h8-10,13-16,18,21H,2-7,11-12H2,1H3. The molecule has 0 unspecified atom stereocenters. The molecule has 26 heavy (non-hydrogen) atoms. The summed E-state index contributed by atoms with van der Waals surface area (Å²) in [5.74, 6) is 1.26. The Balaban J connectivity index is 1.53. The summed E-state index contributed by atoms with van der Waals surface area (Å²) in [4.78, 5) is 0. The van der Waals surface area contributed by atoms with E-state index in [9.17, 15) is 4.39 Å². The van der Waals surface area contributed by atoms with Gasteiger partial charge in [0, 0.05) is 0 Å². The van der Waals surface area contributed by atoms with Crippen molar-refractivity contribution in [2.45, 2.75) is 64.2 Å². The minimum absolute atomic E-state index is 0.117. The zero-order valence-corrected chi connectivity index (χ0v) is 15.7. The van der Waals surface area contributed by atoms with E-state index in [0.29, 0.717) is 0 Å². The normalized spacial score (nSPS) is 19.9. The quantitative estimate of drug-likeness (QED) is 0.579. The lowest BCUT2D eigenvalue weighted by molar-refractivity contribution is 0.308. The summed E-state index contributed by atoms with van der Waals surface area (Å²) >= 11 is 0. The number of aryl methyl sites for hydroxylation is 2. The van der Waals surface area contributed by atoms with Crippen molar-refractivity contribution in [2.24, 2.45) is 5.92 Å². The molecule has 0 saturated heterocycles. The lowest BCUT2D eigenvalue weighted by Gasteiger charge is -2.28. The topological polar surface area (TPSA) is 23.8 Å². The zero-order valence-electron chi connectivity index (χ0n) is 15.7. The Morgan fingerprint density at radius 2 is 1.62 bits per heavy atom. The van der Waals surface area contributed by atoms with Gasteiger partial charge in [-0.15, -0.1) is 0 Å². The van der Waals surface area contributed by atoms with Crippen molar-refractivity contribution in [1.82, 2.24) is 0 Å². The first-order chi connectivity index (χ1) is 12.7. The van der Waals surface area contributed by atoms with E-state index in [4.69, 9.17) is 5.26 Å². The summed E-state index contributed by atoms with van der Waals surface area (Å²) in [6.07, 6.45) is 9.81. The number of hydrogen-bond donors (Lipinski definition) is 0. The third-order valence-corrected chi connectivity index (χ3v) is 5.85. The minimum atomic E-state index is -0.418. The molecular weight excluding hydrogens is 321 g/mol. The van der Waals surface area contributed by atoms with Gasteiger partial charge in [-0.2, -0.15) is 5.26 Å². The number of nitrogens with zero attached hydrogens (tertiary/aromatic N) is 1. The van der Waals surface area contributed by atoms with Crippen molar-refractivity contribution < 1.29 is 4.39 Å². The van der Waals surface area contributed by atoms with Crippen LogP contribution in [-0.4, -0.2) is 0 Å². The molecule has 3 rings (SSSR count). The second-order valence-corrected chi connectivity index (χ2v) is 7.67. The molecule has 0 N–H and O–H groups in total. The number of benzene rings is 2. The molecule has 1 nitrogen and oxygen atoms in total. The van der Waals surface area contributed by atoms with Crippen LogP contribution >= 0.6 is 0 Å². The Morgan fingerprint density at radius 3 is 2.23 bits per heavy atom. The second kappa shape index (κ2) is 8.99. The van der Waals surface area contributed by atoms with Crippen LogP contribution in [0.4, 0.5) is 4.39 Å². The van der Waals surface area contributed by atoms with E-state index in [1.807, 2.05) is 12.1 Å². The smallest absolute Gasteiger partial charge is 0.141 e. The van der Waals surface area contributed by atoms with Crippen LogP contribution in [0.3, 0.4) is 0 Å². The van der Waals surface area contributed by atoms with Crippen molar-refractivity contribution in [3.05, 3.63) is 70.5 Å². The maximum absolute atomic E-state index is 13.7. The van der Waals surface area contributed by atoms with Gasteiger partial charge in [0.2, 0.25) is 0 Å². The van der Waals surface area contributed by atoms with E-state index in [1.54, 1.807) is 6.07 Å². The minimum Gasteiger partial charge on any atom is -0.206 e. The first-order valence-corrected chi connectivity index (χ1v) is 9.97. The summed E-state index contributed by atoms with van der Waals surface area (Å²) in [5, 5.41) is 8.80. The van der Waals surface area contributed by atoms with Crippen molar-refractivity contribution in [3.8, 4) is 6.07 Å². The van der Waals surface area contributed by atoms with Gasteiger partial charge in [0.05, 0.1) is 5.56 Å². The number of halogens is 1. The van der Waals surface area contributed by atoms with Gasteiger partial charge in [0.25, 0.3) is 0 Å². The molecule has 2 aromatic carbocycles. The monoisotopic (exact) mass is 349 g/mol. The molecule has 0 aromatic heterocycles. The second-order valence-electron chi connectivity index (χ2n) is 7.67. The lowest BCUT2D eigenvalue weighted by Crippen LogP contribution is -2.13. The maximum atomic E-state index is 13.7. The van der Waals surface area contributed by atoms with Crippen LogP contribution < -0.4 is 0 Å². The van der Waals surface area contributed by atoms with Gasteiger partial charge in [-0.3, -0.25) is 0 Å². The van der Waals surface area contributed by atoms with Crippen LogP contribution in [0.1, 0.15) is 73.6 Å². The zero-order chi connectivity index (χ0) is 18.4. The Labute approximate surface area is 156 Å². The molecule has 1 fully saturated rings. The van der Waals surface area contributed by atoms with Crippen LogP contribution in [0, 0.1) is 23.1 Å². The molecule has 0 radical (unpaired) electrons. The van der Waals surface area contributed by atoms with Crippen molar-refractivity contribution in [1.29, 1.82) is 5.26 Å². The highest BCUT2D eigenvalue weighted by Gasteiger charge is 2.21. The molecule has 136 valence electrons. The van der Waals surface area contributed by atoms with Crippen LogP contribution in [0.2, 0.25) is 0 Å². The molecular formula is C24H28FN. The van der Waals surface area contributed by atoms with E-state index in [2.05, 4.69) is 31.2 Å². The van der Waals surface area contributed by atoms with E-state index < -0.39 is 5.82 Å². The predicted octanol–water partition coefficient (Wildman–Crippen LogP) is 6.56. The van der Waals surface area contributed by atoms with Crippen LogP contribution in [-0.2, 0) is 12.8 Å². The van der Waals surface area contributed by atoms with Crippen LogP contribution in [0.5, 0.6) is 0 Å². The molecule has 2 heteroatoms. The SMILES string of the molecule is CCCC1CCC(c2ccc(CCc3ccc(C#N)c(F)c3)cc2)CC1. The summed E-state index contributed by atoms with van der Waals surface area (Å²) < 4.78 is 13.7. The number of nitriles is 1. The first kappa shape index (κ1) is 18.6. The lowest BCUT2D eigenvalue weighted by atomic mass is 9.77. The van der Waals surface area contributed by atoms with Gasteiger partial charge in [-0.05, 0) is 79.2 Å². The highest BCUT2D eigenvalue weighted by molar-refractivity contribution is 5.34. The first-order valence-electron chi connectivity index (χ1n) is 9.97. The summed E-state index contributed by atoms with van der Waals surface area (Å²) in [5.41, 5.74) is 3.83. The molecule has 0 bridgehead atoms. The Morgan fingerprint density at radius 1 is 0.962 bits per heavy atom. The molecule has 1 aliphatic carbocycles. The fraction of sp³-hybridized carbons (Fsp3) is 0.458. The van der Waals surface area contributed by atoms with Crippen molar-refractivity contribution in [3.63, 3.8) is 0 Å².